The molecule has 1 fully saturated rings. The Hall–Kier alpha value is -0.940. The van der Waals surface area contributed by atoms with Crippen molar-refractivity contribution < 1.29 is 4.79 Å². The molecule has 1 amide bonds. The van der Waals surface area contributed by atoms with Crippen LogP contribution >= 0.6 is 11.3 Å². The predicted octanol–water partition coefficient (Wildman–Crippen LogP) is 1.85. The maximum atomic E-state index is 12.0. The van der Waals surface area contributed by atoms with Crippen LogP contribution in [0.15, 0.2) is 5.38 Å². The molecular weight excluding hydrogens is 234 g/mol. The number of carbonyl (C=O) groups excluding carboxylic acids is 1. The number of nitrogens with two attached hydrogens (primary N) is 1. The molecule has 0 aromatic carbocycles. The molecule has 0 bridgehead atoms. The highest BCUT2D eigenvalue weighted by atomic mass is 32.1. The molecule has 2 N–H and O–H groups in total. The van der Waals surface area contributed by atoms with Crippen LogP contribution in [0.5, 0.6) is 0 Å². The molecule has 1 aliphatic heterocycles. The molecule has 2 heterocycles. The maximum Gasteiger partial charge on any atom is 0.223 e. The molecule has 1 aromatic heterocycles. The van der Waals surface area contributed by atoms with Gasteiger partial charge in [0.05, 0.1) is 6.04 Å². The van der Waals surface area contributed by atoms with E-state index >= 15 is 0 Å². The first-order valence-electron chi connectivity index (χ1n) is 6.10. The second kappa shape index (κ2) is 5.14. The van der Waals surface area contributed by atoms with Crippen molar-refractivity contribution in [1.29, 1.82) is 0 Å². The van der Waals surface area contributed by atoms with Crippen molar-refractivity contribution >= 4 is 17.2 Å². The summed E-state index contributed by atoms with van der Waals surface area (Å²) in [7, 11) is 0. The number of hydrogen-bond donors (Lipinski definition) is 1. The molecule has 2 rings (SSSR count). The van der Waals surface area contributed by atoms with Crippen LogP contribution in [-0.4, -0.2) is 28.4 Å². The van der Waals surface area contributed by atoms with Gasteiger partial charge in [-0.3, -0.25) is 4.79 Å². The van der Waals surface area contributed by atoms with Crippen LogP contribution in [0.25, 0.3) is 0 Å². The van der Waals surface area contributed by atoms with Gasteiger partial charge in [-0.2, -0.15) is 0 Å². The fourth-order valence-electron chi connectivity index (χ4n) is 2.31. The molecule has 1 aromatic rings. The van der Waals surface area contributed by atoms with E-state index in [4.69, 9.17) is 5.73 Å². The van der Waals surface area contributed by atoms with Crippen LogP contribution in [0.2, 0.25) is 0 Å². The fraction of sp³-hybridized carbons (Fsp3) is 0.667. The second-order valence-corrected chi connectivity index (χ2v) is 5.45. The summed E-state index contributed by atoms with van der Waals surface area (Å²) in [5, 5.41) is 3.00. The maximum absolute atomic E-state index is 12.0. The Morgan fingerprint density at radius 2 is 2.41 bits per heavy atom. The van der Waals surface area contributed by atoms with Gasteiger partial charge >= 0.3 is 0 Å². The third-order valence-corrected chi connectivity index (χ3v) is 4.14. The van der Waals surface area contributed by atoms with Crippen LogP contribution in [-0.2, 0) is 4.79 Å². The van der Waals surface area contributed by atoms with Gasteiger partial charge in [0.2, 0.25) is 5.91 Å². The number of aromatic nitrogens is 1. The van der Waals surface area contributed by atoms with Gasteiger partial charge in [0.15, 0.2) is 0 Å². The lowest BCUT2D eigenvalue weighted by atomic mass is 9.96. The zero-order valence-corrected chi connectivity index (χ0v) is 11.2. The van der Waals surface area contributed by atoms with Crippen molar-refractivity contribution in [1.82, 2.24) is 9.88 Å². The molecule has 17 heavy (non-hydrogen) atoms. The van der Waals surface area contributed by atoms with Crippen molar-refractivity contribution in [3.8, 4) is 0 Å². The molecule has 4 nitrogen and oxygen atoms in total. The van der Waals surface area contributed by atoms with Gasteiger partial charge in [-0.15, -0.1) is 11.3 Å². The summed E-state index contributed by atoms with van der Waals surface area (Å²) in [6.07, 6.45) is 2.30. The first kappa shape index (κ1) is 12.5. The number of rotatable bonds is 3. The average Bonchev–Trinajstić information content (AvgIpc) is 2.70. The van der Waals surface area contributed by atoms with Gasteiger partial charge < -0.3 is 10.6 Å². The highest BCUT2D eigenvalue weighted by molar-refractivity contribution is 7.09. The van der Waals surface area contributed by atoms with E-state index in [1.165, 1.54) is 0 Å². The normalized spacial score (nSPS) is 25.4. The van der Waals surface area contributed by atoms with E-state index in [-0.39, 0.29) is 18.0 Å². The van der Waals surface area contributed by atoms with Crippen LogP contribution in [0.1, 0.15) is 42.9 Å². The summed E-state index contributed by atoms with van der Waals surface area (Å²) < 4.78 is 0. The smallest absolute Gasteiger partial charge is 0.223 e. The minimum Gasteiger partial charge on any atom is -0.332 e. The van der Waals surface area contributed by atoms with Crippen molar-refractivity contribution in [2.24, 2.45) is 5.73 Å². The van der Waals surface area contributed by atoms with Crippen molar-refractivity contribution in [3.63, 3.8) is 0 Å². The number of carbonyl (C=O) groups is 1. The van der Waals surface area contributed by atoms with Gasteiger partial charge in [-0.1, -0.05) is 6.92 Å². The fourth-order valence-corrected chi connectivity index (χ4v) is 3.29. The van der Waals surface area contributed by atoms with Crippen molar-refractivity contribution in [2.45, 2.75) is 45.2 Å². The molecule has 0 aliphatic carbocycles. The highest BCUT2D eigenvalue weighted by Gasteiger charge is 2.35. The van der Waals surface area contributed by atoms with E-state index in [0.29, 0.717) is 6.42 Å². The number of aryl methyl sites for hydroxylation is 1. The molecule has 0 spiro atoms. The topological polar surface area (TPSA) is 59.2 Å². The van der Waals surface area contributed by atoms with Crippen molar-refractivity contribution in [2.75, 3.05) is 6.54 Å². The quantitative estimate of drug-likeness (QED) is 0.894. The number of nitrogens with zero attached hydrogens (tertiary/aromatic N) is 2. The zero-order valence-electron chi connectivity index (χ0n) is 10.3. The van der Waals surface area contributed by atoms with Crippen LogP contribution in [0.4, 0.5) is 0 Å². The van der Waals surface area contributed by atoms with Gasteiger partial charge in [0.1, 0.15) is 5.01 Å². The van der Waals surface area contributed by atoms with Crippen LogP contribution in [0, 0.1) is 6.92 Å². The number of piperidine rings is 1. The zero-order chi connectivity index (χ0) is 12.4. The van der Waals surface area contributed by atoms with Gasteiger partial charge in [0, 0.05) is 30.1 Å². The SMILES string of the molecule is CCCN1C(=O)CCC(N)C1c1nc(C)cs1. The lowest BCUT2D eigenvalue weighted by molar-refractivity contribution is -0.137. The molecular formula is C12H19N3OS. The monoisotopic (exact) mass is 253 g/mol. The summed E-state index contributed by atoms with van der Waals surface area (Å²) in [6, 6.07) is -0.000278. The molecule has 2 unspecified atom stereocenters. The number of hydrogen-bond acceptors (Lipinski definition) is 4. The highest BCUT2D eigenvalue weighted by Crippen LogP contribution is 2.32. The number of amides is 1. The summed E-state index contributed by atoms with van der Waals surface area (Å²) in [4.78, 5) is 18.4. The Bertz CT molecular complexity index is 404. The molecule has 0 radical (unpaired) electrons. The summed E-state index contributed by atoms with van der Waals surface area (Å²) in [5.74, 6) is 0.214. The van der Waals surface area contributed by atoms with Gasteiger partial charge in [-0.05, 0) is 19.8 Å². The average molecular weight is 253 g/mol. The van der Waals surface area contributed by atoms with E-state index < -0.39 is 0 Å². The molecule has 94 valence electrons. The standard InChI is InChI=1S/C12H19N3OS/c1-3-6-15-10(16)5-4-9(13)11(15)12-14-8(2)7-17-12/h7,9,11H,3-6,13H2,1-2H3. The Kier molecular flexibility index (Phi) is 3.79. The van der Waals surface area contributed by atoms with E-state index in [1.807, 2.05) is 17.2 Å². The summed E-state index contributed by atoms with van der Waals surface area (Å²) in [5.41, 5.74) is 7.18. The third kappa shape index (κ3) is 2.50. The first-order chi connectivity index (χ1) is 8.13. The Morgan fingerprint density at radius 3 is 3.00 bits per heavy atom. The predicted molar refractivity (Wildman–Crippen MR) is 68.8 cm³/mol. The molecule has 1 aliphatic rings. The van der Waals surface area contributed by atoms with E-state index in [0.717, 1.165) is 30.1 Å². The van der Waals surface area contributed by atoms with Crippen LogP contribution < -0.4 is 5.73 Å². The van der Waals surface area contributed by atoms with Crippen LogP contribution in [0.3, 0.4) is 0 Å². The minimum atomic E-state index is -0.0186. The largest absolute Gasteiger partial charge is 0.332 e. The molecule has 2 atom stereocenters. The minimum absolute atomic E-state index is 0.0183. The van der Waals surface area contributed by atoms with E-state index in [2.05, 4.69) is 11.9 Å². The van der Waals surface area contributed by atoms with E-state index in [9.17, 15) is 4.79 Å². The second-order valence-electron chi connectivity index (χ2n) is 4.56. The molecule has 0 saturated carbocycles. The summed E-state index contributed by atoms with van der Waals surface area (Å²) >= 11 is 1.61. The number of thiazole rings is 1. The molecule has 1 saturated heterocycles. The van der Waals surface area contributed by atoms with Gasteiger partial charge in [-0.25, -0.2) is 4.98 Å². The molecule has 5 heteroatoms. The summed E-state index contributed by atoms with van der Waals surface area (Å²) in [6.45, 7) is 4.83. The third-order valence-electron chi connectivity index (χ3n) is 3.11. The number of likely N-dealkylation sites (tertiary alicyclic amines) is 1. The van der Waals surface area contributed by atoms with E-state index in [1.54, 1.807) is 11.3 Å². The Labute approximate surface area is 106 Å². The Morgan fingerprint density at radius 1 is 1.65 bits per heavy atom. The van der Waals surface area contributed by atoms with Crippen molar-refractivity contribution in [3.05, 3.63) is 16.1 Å². The lowest BCUT2D eigenvalue weighted by Gasteiger charge is -2.38. The Balaban J connectivity index is 2.28. The lowest BCUT2D eigenvalue weighted by Crippen LogP contribution is -2.49. The first-order valence-corrected chi connectivity index (χ1v) is 6.98. The van der Waals surface area contributed by atoms with Gasteiger partial charge in [0.25, 0.3) is 0 Å².